The summed E-state index contributed by atoms with van der Waals surface area (Å²) in [5.74, 6) is -0.396. The molecule has 1 aliphatic heterocycles. The Bertz CT molecular complexity index is 543. The minimum absolute atomic E-state index is 0.301. The monoisotopic (exact) mass is 294 g/mol. The summed E-state index contributed by atoms with van der Waals surface area (Å²) < 4.78 is 5.17. The predicted octanol–water partition coefficient (Wildman–Crippen LogP) is 3.28. The second-order valence-electron chi connectivity index (χ2n) is 5.86. The number of thiophene rings is 1. The lowest BCUT2D eigenvalue weighted by molar-refractivity contribution is -0.237. The van der Waals surface area contributed by atoms with Crippen molar-refractivity contribution in [3.05, 3.63) is 28.0 Å². The standard InChI is InChI=1S/C15H20NO3S/c1-6-19-13(17)12-11(10-8-7-9-20-10)14(2,3)16(18)15(12,4)5/h7-9H,6H2,1-5H3. The fraction of sp³-hybridized carbons (Fsp3) is 0.533. The maximum absolute atomic E-state index is 12.6. The summed E-state index contributed by atoms with van der Waals surface area (Å²) >= 11 is 1.53. The Hall–Kier alpha value is -1.17. The number of ether oxygens (including phenoxy) is 1. The molecule has 0 spiro atoms. The molecular formula is C15H20NO3S. The van der Waals surface area contributed by atoms with Gasteiger partial charge in [0.2, 0.25) is 0 Å². The first-order valence-corrected chi connectivity index (χ1v) is 7.56. The minimum atomic E-state index is -0.894. The van der Waals surface area contributed by atoms with E-state index in [0.29, 0.717) is 12.2 Å². The van der Waals surface area contributed by atoms with Crippen molar-refractivity contribution in [3.63, 3.8) is 0 Å². The lowest BCUT2D eigenvalue weighted by Gasteiger charge is -2.34. The lowest BCUT2D eigenvalue weighted by Crippen LogP contribution is -2.48. The molecule has 109 valence electrons. The highest BCUT2D eigenvalue weighted by Crippen LogP contribution is 2.49. The average Bonchev–Trinajstić information content (AvgIpc) is 2.91. The highest BCUT2D eigenvalue weighted by Gasteiger charge is 2.55. The van der Waals surface area contributed by atoms with E-state index in [-0.39, 0.29) is 0 Å². The Morgan fingerprint density at radius 2 is 1.95 bits per heavy atom. The van der Waals surface area contributed by atoms with Crippen molar-refractivity contribution < 1.29 is 14.7 Å². The van der Waals surface area contributed by atoms with E-state index >= 15 is 0 Å². The number of hydroxylamine groups is 2. The zero-order valence-corrected chi connectivity index (χ0v) is 13.3. The zero-order chi connectivity index (χ0) is 15.1. The maximum atomic E-state index is 12.6. The zero-order valence-electron chi connectivity index (χ0n) is 12.5. The Labute approximate surface area is 123 Å². The first kappa shape index (κ1) is 15.2. The number of carbonyl (C=O) groups is 1. The first-order chi connectivity index (χ1) is 9.24. The van der Waals surface area contributed by atoms with Gasteiger partial charge >= 0.3 is 5.97 Å². The van der Waals surface area contributed by atoms with E-state index in [1.165, 1.54) is 11.3 Å². The van der Waals surface area contributed by atoms with E-state index in [0.717, 1.165) is 15.5 Å². The van der Waals surface area contributed by atoms with Crippen molar-refractivity contribution in [1.29, 1.82) is 0 Å². The molecule has 4 nitrogen and oxygen atoms in total. The topological polar surface area (TPSA) is 49.4 Å². The van der Waals surface area contributed by atoms with Gasteiger partial charge in [0.05, 0.1) is 23.3 Å². The molecule has 1 aromatic rings. The van der Waals surface area contributed by atoms with Gasteiger partial charge in [-0.1, -0.05) is 6.07 Å². The van der Waals surface area contributed by atoms with Crippen molar-refractivity contribution in [2.45, 2.75) is 45.7 Å². The highest BCUT2D eigenvalue weighted by molar-refractivity contribution is 7.11. The van der Waals surface area contributed by atoms with E-state index in [2.05, 4.69) is 0 Å². The average molecular weight is 294 g/mol. The Kier molecular flexibility index (Phi) is 3.79. The molecule has 0 saturated heterocycles. The largest absolute Gasteiger partial charge is 0.463 e. The smallest absolute Gasteiger partial charge is 0.336 e. The quantitative estimate of drug-likeness (QED) is 0.804. The molecule has 20 heavy (non-hydrogen) atoms. The summed E-state index contributed by atoms with van der Waals surface area (Å²) in [6, 6.07) is 3.86. The summed E-state index contributed by atoms with van der Waals surface area (Å²) in [4.78, 5) is 13.3. The molecule has 5 heteroatoms. The molecule has 0 bridgehead atoms. The maximum Gasteiger partial charge on any atom is 0.336 e. The van der Waals surface area contributed by atoms with Gasteiger partial charge in [-0.25, -0.2) is 4.79 Å². The van der Waals surface area contributed by atoms with E-state index in [1.807, 2.05) is 31.4 Å². The summed E-state index contributed by atoms with van der Waals surface area (Å²) in [7, 11) is 0. The van der Waals surface area contributed by atoms with Crippen LogP contribution in [0.2, 0.25) is 0 Å². The van der Waals surface area contributed by atoms with E-state index < -0.39 is 17.0 Å². The van der Waals surface area contributed by atoms with Crippen molar-refractivity contribution in [3.8, 4) is 0 Å². The van der Waals surface area contributed by atoms with Crippen LogP contribution in [0.3, 0.4) is 0 Å². The van der Waals surface area contributed by atoms with Gasteiger partial charge in [-0.05, 0) is 46.1 Å². The van der Waals surface area contributed by atoms with E-state index in [1.54, 1.807) is 20.8 Å². The normalized spacial score (nSPS) is 21.3. The molecule has 0 fully saturated rings. The van der Waals surface area contributed by atoms with Crippen LogP contribution < -0.4 is 0 Å². The van der Waals surface area contributed by atoms with Gasteiger partial charge in [0.15, 0.2) is 0 Å². The van der Waals surface area contributed by atoms with Crippen molar-refractivity contribution in [2.75, 3.05) is 6.61 Å². The first-order valence-electron chi connectivity index (χ1n) is 6.68. The van der Waals surface area contributed by atoms with Gasteiger partial charge < -0.3 is 4.74 Å². The van der Waals surface area contributed by atoms with Crippen LogP contribution in [0.15, 0.2) is 23.1 Å². The second kappa shape index (κ2) is 4.98. The highest BCUT2D eigenvalue weighted by atomic mass is 32.1. The molecule has 1 radical (unpaired) electrons. The number of esters is 1. The Balaban J connectivity index is 2.68. The van der Waals surface area contributed by atoms with Gasteiger partial charge in [0.1, 0.15) is 0 Å². The number of rotatable bonds is 3. The molecule has 2 heterocycles. The number of hydrogen-bond donors (Lipinski definition) is 0. The molecule has 1 aromatic heterocycles. The Morgan fingerprint density at radius 3 is 2.45 bits per heavy atom. The van der Waals surface area contributed by atoms with Crippen LogP contribution in [0.5, 0.6) is 0 Å². The van der Waals surface area contributed by atoms with Crippen LogP contribution >= 0.6 is 11.3 Å². The van der Waals surface area contributed by atoms with Gasteiger partial charge in [0.25, 0.3) is 0 Å². The van der Waals surface area contributed by atoms with E-state index in [4.69, 9.17) is 4.74 Å². The number of nitrogens with zero attached hydrogens (tertiary/aromatic N) is 1. The molecule has 0 amide bonds. The number of hydrogen-bond acceptors (Lipinski definition) is 4. The SMILES string of the molecule is CCOC(=O)C1=C(c2cccs2)C(C)(C)N([O])C1(C)C. The number of carbonyl (C=O) groups excluding carboxylic acids is 1. The van der Waals surface area contributed by atoms with Crippen molar-refractivity contribution in [1.82, 2.24) is 5.06 Å². The van der Waals surface area contributed by atoms with Crippen molar-refractivity contribution in [2.24, 2.45) is 0 Å². The molecule has 1 aliphatic rings. The third kappa shape index (κ3) is 2.10. The van der Waals surface area contributed by atoms with E-state index in [9.17, 15) is 10.0 Å². The van der Waals surface area contributed by atoms with Gasteiger partial charge in [-0.15, -0.1) is 21.6 Å². The molecular weight excluding hydrogens is 274 g/mol. The molecule has 0 aromatic carbocycles. The summed E-state index contributed by atoms with van der Waals surface area (Å²) in [5.41, 5.74) is -0.390. The van der Waals surface area contributed by atoms with Crippen LogP contribution in [0.25, 0.3) is 5.57 Å². The fourth-order valence-electron chi connectivity index (χ4n) is 2.91. The summed E-state index contributed by atoms with van der Waals surface area (Å²) in [5, 5.41) is 15.6. The van der Waals surface area contributed by atoms with Crippen LogP contribution in [0, 0.1) is 0 Å². The van der Waals surface area contributed by atoms with Crippen LogP contribution in [0.1, 0.15) is 39.5 Å². The second-order valence-corrected chi connectivity index (χ2v) is 6.81. The minimum Gasteiger partial charge on any atom is -0.463 e. The molecule has 0 unspecified atom stereocenters. The van der Waals surface area contributed by atoms with Gasteiger partial charge in [-0.3, -0.25) is 0 Å². The van der Waals surface area contributed by atoms with Crippen molar-refractivity contribution >= 4 is 22.9 Å². The lowest BCUT2D eigenvalue weighted by atomic mass is 9.89. The fourth-order valence-corrected chi connectivity index (χ4v) is 3.84. The Morgan fingerprint density at radius 1 is 1.30 bits per heavy atom. The molecule has 0 N–H and O–H groups in total. The summed E-state index contributed by atoms with van der Waals surface area (Å²) in [6.07, 6.45) is 0. The molecule has 2 rings (SSSR count). The molecule has 0 saturated carbocycles. The van der Waals surface area contributed by atoms with Crippen LogP contribution in [-0.4, -0.2) is 28.7 Å². The molecule has 0 atom stereocenters. The van der Waals surface area contributed by atoms with Crippen LogP contribution in [0.4, 0.5) is 0 Å². The third-order valence-electron chi connectivity index (χ3n) is 3.74. The van der Waals surface area contributed by atoms with Gasteiger partial charge in [0, 0.05) is 10.5 Å². The van der Waals surface area contributed by atoms with Gasteiger partial charge in [-0.2, -0.15) is 0 Å². The molecule has 0 aliphatic carbocycles. The van der Waals surface area contributed by atoms with Crippen LogP contribution in [-0.2, 0) is 14.7 Å². The predicted molar refractivity (Wildman–Crippen MR) is 78.6 cm³/mol. The summed E-state index contributed by atoms with van der Waals surface area (Å²) in [6.45, 7) is 9.32. The third-order valence-corrected chi connectivity index (χ3v) is 4.62.